The van der Waals surface area contributed by atoms with Gasteiger partial charge >= 0.3 is 0 Å². The number of pyridine rings is 1. The third-order valence-corrected chi connectivity index (χ3v) is 4.41. The lowest BCUT2D eigenvalue weighted by Gasteiger charge is -2.38. The van der Waals surface area contributed by atoms with E-state index in [0.29, 0.717) is 31.1 Å². The number of carbonyl (C=O) groups is 1. The first-order valence-electron chi connectivity index (χ1n) is 8.77. The van der Waals surface area contributed by atoms with Crippen molar-refractivity contribution < 1.29 is 14.3 Å². The van der Waals surface area contributed by atoms with Crippen LogP contribution in [0.4, 0.5) is 0 Å². The first-order valence-corrected chi connectivity index (χ1v) is 8.77. The lowest BCUT2D eigenvalue weighted by atomic mass is 10.1. The van der Waals surface area contributed by atoms with E-state index in [0.717, 1.165) is 16.7 Å². The summed E-state index contributed by atoms with van der Waals surface area (Å²) in [5, 5.41) is 1.08. The zero-order valence-corrected chi connectivity index (χ0v) is 14.6. The zero-order valence-electron chi connectivity index (χ0n) is 14.6. The van der Waals surface area contributed by atoms with Crippen LogP contribution in [0.15, 0.2) is 60.7 Å². The van der Waals surface area contributed by atoms with Crippen molar-refractivity contribution in [2.75, 3.05) is 19.7 Å². The first kappa shape index (κ1) is 16.4. The molecule has 5 heteroatoms. The van der Waals surface area contributed by atoms with Crippen LogP contribution < -0.4 is 9.47 Å². The molecule has 0 saturated carbocycles. The molecule has 0 spiro atoms. The third-order valence-electron chi connectivity index (χ3n) is 4.41. The van der Waals surface area contributed by atoms with Gasteiger partial charge in [0.2, 0.25) is 5.88 Å². The zero-order chi connectivity index (χ0) is 17.9. The molecule has 1 saturated heterocycles. The Bertz CT molecular complexity index is 918. The fourth-order valence-corrected chi connectivity index (χ4v) is 3.01. The summed E-state index contributed by atoms with van der Waals surface area (Å²) in [6.07, 6.45) is -0.0182. The minimum absolute atomic E-state index is 0.0133. The number of fused-ring (bicyclic) bond motifs is 1. The normalized spacial score (nSPS) is 14.1. The molecule has 2 aromatic carbocycles. The molecule has 0 atom stereocenters. The number of amides is 1. The van der Waals surface area contributed by atoms with Gasteiger partial charge in [-0.05, 0) is 43.3 Å². The predicted molar refractivity (Wildman–Crippen MR) is 99.7 cm³/mol. The summed E-state index contributed by atoms with van der Waals surface area (Å²) in [5.74, 6) is 1.39. The van der Waals surface area contributed by atoms with Crippen molar-refractivity contribution in [3.05, 3.63) is 66.2 Å². The van der Waals surface area contributed by atoms with Crippen molar-refractivity contribution in [2.45, 2.75) is 13.0 Å². The van der Waals surface area contributed by atoms with Crippen LogP contribution in [0.5, 0.6) is 11.6 Å². The highest BCUT2D eigenvalue weighted by Crippen LogP contribution is 2.22. The molecule has 1 fully saturated rings. The van der Waals surface area contributed by atoms with E-state index in [4.69, 9.17) is 9.47 Å². The molecule has 0 unspecified atom stereocenters. The molecule has 1 aliphatic rings. The van der Waals surface area contributed by atoms with Crippen LogP contribution in [0.2, 0.25) is 0 Å². The molecule has 26 heavy (non-hydrogen) atoms. The number of ether oxygens (including phenoxy) is 2. The Labute approximate surface area is 152 Å². The second-order valence-electron chi connectivity index (χ2n) is 6.25. The highest BCUT2D eigenvalue weighted by Gasteiger charge is 2.33. The molecule has 3 aromatic rings. The Hall–Kier alpha value is -3.08. The molecule has 0 radical (unpaired) electrons. The molecule has 0 bridgehead atoms. The summed E-state index contributed by atoms with van der Waals surface area (Å²) in [5.41, 5.74) is 1.57. The summed E-state index contributed by atoms with van der Waals surface area (Å²) in [6.45, 7) is 3.69. The van der Waals surface area contributed by atoms with E-state index in [1.54, 1.807) is 17.0 Å². The van der Waals surface area contributed by atoms with Gasteiger partial charge in [0.15, 0.2) is 0 Å². The number of benzene rings is 2. The Morgan fingerprint density at radius 3 is 2.62 bits per heavy atom. The summed E-state index contributed by atoms with van der Waals surface area (Å²) in [6, 6.07) is 19.0. The monoisotopic (exact) mass is 348 g/mol. The van der Waals surface area contributed by atoms with Crippen molar-refractivity contribution >= 4 is 16.8 Å². The molecule has 5 nitrogen and oxygen atoms in total. The van der Waals surface area contributed by atoms with Gasteiger partial charge in [-0.2, -0.15) is 0 Å². The summed E-state index contributed by atoms with van der Waals surface area (Å²) in [4.78, 5) is 18.8. The van der Waals surface area contributed by atoms with Gasteiger partial charge in [-0.25, -0.2) is 4.98 Å². The maximum atomic E-state index is 12.5. The van der Waals surface area contributed by atoms with Crippen LogP contribution >= 0.6 is 0 Å². The second-order valence-corrected chi connectivity index (χ2v) is 6.25. The van der Waals surface area contributed by atoms with Crippen LogP contribution in [0.1, 0.15) is 17.3 Å². The smallest absolute Gasteiger partial charge is 0.254 e. The van der Waals surface area contributed by atoms with Gasteiger partial charge in [-0.3, -0.25) is 4.79 Å². The fraction of sp³-hybridized carbons (Fsp3) is 0.238. The third kappa shape index (κ3) is 3.33. The quantitative estimate of drug-likeness (QED) is 0.708. The van der Waals surface area contributed by atoms with Crippen molar-refractivity contribution in [1.82, 2.24) is 9.88 Å². The number of hydrogen-bond acceptors (Lipinski definition) is 4. The van der Waals surface area contributed by atoms with Gasteiger partial charge < -0.3 is 14.4 Å². The maximum absolute atomic E-state index is 12.5. The highest BCUT2D eigenvalue weighted by molar-refractivity contribution is 5.95. The molecule has 0 N–H and O–H groups in total. The van der Waals surface area contributed by atoms with Crippen LogP contribution in [-0.2, 0) is 0 Å². The number of rotatable bonds is 5. The number of aromatic nitrogens is 1. The summed E-state index contributed by atoms with van der Waals surface area (Å²) < 4.78 is 11.3. The summed E-state index contributed by atoms with van der Waals surface area (Å²) >= 11 is 0. The molecule has 1 aliphatic heterocycles. The van der Waals surface area contributed by atoms with Crippen LogP contribution in [-0.4, -0.2) is 41.6 Å². The molecular formula is C21H20N2O3. The number of para-hydroxylation sites is 1. The van der Waals surface area contributed by atoms with Crippen LogP contribution in [0, 0.1) is 0 Å². The lowest BCUT2D eigenvalue weighted by Crippen LogP contribution is -2.56. The van der Waals surface area contributed by atoms with Gasteiger partial charge in [0, 0.05) is 17.0 Å². The highest BCUT2D eigenvalue weighted by atomic mass is 16.5. The minimum atomic E-state index is -0.0182. The van der Waals surface area contributed by atoms with Crippen LogP contribution in [0.25, 0.3) is 10.9 Å². The van der Waals surface area contributed by atoms with E-state index in [2.05, 4.69) is 4.98 Å². The van der Waals surface area contributed by atoms with Gasteiger partial charge in [0.05, 0.1) is 25.2 Å². The minimum Gasteiger partial charge on any atom is -0.494 e. The number of nitrogens with zero attached hydrogens (tertiary/aromatic N) is 2. The second kappa shape index (κ2) is 7.04. The van der Waals surface area contributed by atoms with E-state index in [1.165, 1.54) is 0 Å². The van der Waals surface area contributed by atoms with Gasteiger partial charge in [0.25, 0.3) is 5.91 Å². The molecular weight excluding hydrogens is 328 g/mol. The van der Waals surface area contributed by atoms with Crippen molar-refractivity contribution in [2.24, 2.45) is 0 Å². The number of carbonyl (C=O) groups excluding carboxylic acids is 1. The Morgan fingerprint density at radius 2 is 1.85 bits per heavy atom. The topological polar surface area (TPSA) is 51.7 Å². The van der Waals surface area contributed by atoms with E-state index in [1.807, 2.05) is 55.5 Å². The molecule has 1 amide bonds. The van der Waals surface area contributed by atoms with Gasteiger partial charge in [0.1, 0.15) is 11.9 Å². The van der Waals surface area contributed by atoms with E-state index in [-0.39, 0.29) is 12.0 Å². The predicted octanol–water partition coefficient (Wildman–Crippen LogP) is 3.54. The van der Waals surface area contributed by atoms with Crippen molar-refractivity contribution in [3.63, 3.8) is 0 Å². The molecule has 0 aliphatic carbocycles. The average Bonchev–Trinajstić information content (AvgIpc) is 2.64. The number of hydrogen-bond donors (Lipinski definition) is 0. The van der Waals surface area contributed by atoms with E-state index < -0.39 is 0 Å². The lowest BCUT2D eigenvalue weighted by molar-refractivity contribution is 0.0161. The fourth-order valence-electron chi connectivity index (χ4n) is 3.01. The number of likely N-dealkylation sites (tertiary alicyclic amines) is 1. The first-order chi connectivity index (χ1) is 12.7. The molecule has 2 heterocycles. The van der Waals surface area contributed by atoms with Gasteiger partial charge in [-0.1, -0.05) is 18.2 Å². The summed E-state index contributed by atoms with van der Waals surface area (Å²) in [7, 11) is 0. The molecule has 1 aromatic heterocycles. The standard InChI is InChI=1S/C21H20N2O3/c1-2-25-17-10-7-16(8-11-17)21(24)23-13-18(14-23)26-20-12-9-15-5-3-4-6-19(15)22-20/h3-12,18H,2,13-14H2,1H3. The van der Waals surface area contributed by atoms with Crippen molar-refractivity contribution in [1.29, 1.82) is 0 Å². The van der Waals surface area contributed by atoms with Gasteiger partial charge in [-0.15, -0.1) is 0 Å². The Morgan fingerprint density at radius 1 is 1.08 bits per heavy atom. The maximum Gasteiger partial charge on any atom is 0.254 e. The molecule has 132 valence electrons. The van der Waals surface area contributed by atoms with Crippen LogP contribution in [0.3, 0.4) is 0 Å². The SMILES string of the molecule is CCOc1ccc(C(=O)N2CC(Oc3ccc4ccccc4n3)C2)cc1. The van der Waals surface area contributed by atoms with E-state index in [9.17, 15) is 4.79 Å². The molecule has 4 rings (SSSR count). The Balaban J connectivity index is 1.34. The largest absolute Gasteiger partial charge is 0.494 e. The van der Waals surface area contributed by atoms with E-state index >= 15 is 0 Å². The van der Waals surface area contributed by atoms with Crippen molar-refractivity contribution in [3.8, 4) is 11.6 Å². The Kier molecular flexibility index (Phi) is 4.44. The average molecular weight is 348 g/mol.